The molecule has 1 N–H and O–H groups in total. The molecule has 0 radical (unpaired) electrons. The maximum Gasteiger partial charge on any atom is 0.406 e. The molecule has 1 heterocycles. The van der Waals surface area contributed by atoms with Gasteiger partial charge in [0.25, 0.3) is 0 Å². The number of nitrogens with zero attached hydrogens (tertiary/aromatic N) is 1. The van der Waals surface area contributed by atoms with Gasteiger partial charge in [-0.05, 0) is 25.8 Å². The van der Waals surface area contributed by atoms with Crippen LogP contribution in [0.2, 0.25) is 0 Å². The lowest BCUT2D eigenvalue weighted by Crippen LogP contribution is -2.44. The molecule has 116 valence electrons. The van der Waals surface area contributed by atoms with Crippen molar-refractivity contribution >= 4 is 5.91 Å². The standard InChI is InChI=1S/C15H19F3N2O/c1-4-14(3)13(21)20(9-15(16,17)18)12(19-14)11-7-5-10(2)6-8-11/h5-8,12,19H,4,9H2,1-3H3. The first-order chi connectivity index (χ1) is 9.66. The van der Waals surface area contributed by atoms with Gasteiger partial charge in [0.05, 0.1) is 5.54 Å². The Balaban J connectivity index is 2.36. The molecular formula is C15H19F3N2O. The van der Waals surface area contributed by atoms with Gasteiger partial charge in [-0.25, -0.2) is 0 Å². The molecule has 0 aliphatic carbocycles. The highest BCUT2D eigenvalue weighted by Crippen LogP contribution is 2.35. The van der Waals surface area contributed by atoms with Crippen molar-refractivity contribution in [2.45, 2.75) is 45.1 Å². The quantitative estimate of drug-likeness (QED) is 0.930. The number of benzene rings is 1. The first-order valence-electron chi connectivity index (χ1n) is 6.88. The maximum absolute atomic E-state index is 12.8. The highest BCUT2D eigenvalue weighted by molar-refractivity contribution is 5.88. The summed E-state index contributed by atoms with van der Waals surface area (Å²) in [5, 5.41) is 3.05. The molecule has 2 unspecified atom stereocenters. The smallest absolute Gasteiger partial charge is 0.312 e. The number of alkyl halides is 3. The molecule has 1 fully saturated rings. The highest BCUT2D eigenvalue weighted by atomic mass is 19.4. The van der Waals surface area contributed by atoms with E-state index in [1.54, 1.807) is 26.0 Å². The second-order valence-corrected chi connectivity index (χ2v) is 5.69. The fraction of sp³-hybridized carbons (Fsp3) is 0.533. The van der Waals surface area contributed by atoms with E-state index in [4.69, 9.17) is 0 Å². The van der Waals surface area contributed by atoms with Crippen LogP contribution in [0.15, 0.2) is 24.3 Å². The summed E-state index contributed by atoms with van der Waals surface area (Å²) in [7, 11) is 0. The first-order valence-corrected chi connectivity index (χ1v) is 6.88. The lowest BCUT2D eigenvalue weighted by molar-refractivity contribution is -0.162. The third kappa shape index (κ3) is 3.20. The number of hydrogen-bond donors (Lipinski definition) is 1. The average Bonchev–Trinajstić information content (AvgIpc) is 2.64. The summed E-state index contributed by atoms with van der Waals surface area (Å²) in [6.45, 7) is 4.09. The second kappa shape index (κ2) is 5.33. The monoisotopic (exact) mass is 300 g/mol. The summed E-state index contributed by atoms with van der Waals surface area (Å²) in [6.07, 6.45) is -4.73. The SMILES string of the molecule is CCC1(C)NC(c2ccc(C)cc2)N(CC(F)(F)F)C1=O. The van der Waals surface area contributed by atoms with E-state index in [0.29, 0.717) is 12.0 Å². The minimum absolute atomic E-state index is 0.433. The van der Waals surface area contributed by atoms with Gasteiger partial charge in [0.2, 0.25) is 5.91 Å². The number of rotatable bonds is 3. The number of aryl methyl sites for hydroxylation is 1. The normalized spacial score (nSPS) is 26.5. The summed E-state index contributed by atoms with van der Waals surface area (Å²) in [4.78, 5) is 13.2. The second-order valence-electron chi connectivity index (χ2n) is 5.69. The van der Waals surface area contributed by atoms with E-state index in [1.807, 2.05) is 19.1 Å². The summed E-state index contributed by atoms with van der Waals surface area (Å²) >= 11 is 0. The largest absolute Gasteiger partial charge is 0.406 e. The fourth-order valence-electron chi connectivity index (χ4n) is 2.50. The van der Waals surface area contributed by atoms with E-state index in [1.165, 1.54) is 0 Å². The van der Waals surface area contributed by atoms with Crippen LogP contribution in [-0.4, -0.2) is 29.1 Å². The van der Waals surface area contributed by atoms with E-state index in [9.17, 15) is 18.0 Å². The van der Waals surface area contributed by atoms with Gasteiger partial charge in [0, 0.05) is 0 Å². The van der Waals surface area contributed by atoms with Crippen molar-refractivity contribution in [3.8, 4) is 0 Å². The summed E-state index contributed by atoms with van der Waals surface area (Å²) < 4.78 is 38.3. The highest BCUT2D eigenvalue weighted by Gasteiger charge is 2.50. The van der Waals surface area contributed by atoms with Gasteiger partial charge in [-0.1, -0.05) is 36.8 Å². The van der Waals surface area contributed by atoms with E-state index in [-0.39, 0.29) is 0 Å². The molecule has 3 nitrogen and oxygen atoms in total. The van der Waals surface area contributed by atoms with Gasteiger partial charge in [-0.2, -0.15) is 13.2 Å². The third-order valence-corrected chi connectivity index (χ3v) is 3.95. The molecule has 1 aliphatic heterocycles. The van der Waals surface area contributed by atoms with Crippen LogP contribution in [0.5, 0.6) is 0 Å². The number of amides is 1. The Bertz CT molecular complexity index is 527. The molecule has 1 aromatic carbocycles. The van der Waals surface area contributed by atoms with Crippen LogP contribution in [0.25, 0.3) is 0 Å². The molecule has 2 rings (SSSR count). The van der Waals surface area contributed by atoms with E-state index in [0.717, 1.165) is 10.5 Å². The minimum atomic E-state index is -4.42. The van der Waals surface area contributed by atoms with Crippen molar-refractivity contribution in [2.24, 2.45) is 0 Å². The number of carbonyl (C=O) groups is 1. The third-order valence-electron chi connectivity index (χ3n) is 3.95. The topological polar surface area (TPSA) is 32.3 Å². The summed E-state index contributed by atoms with van der Waals surface area (Å²) in [5.41, 5.74) is 0.722. The van der Waals surface area contributed by atoms with Gasteiger partial charge in [-0.3, -0.25) is 10.1 Å². The Labute approximate surface area is 122 Å². The van der Waals surface area contributed by atoms with E-state index in [2.05, 4.69) is 5.32 Å². The van der Waals surface area contributed by atoms with Crippen LogP contribution in [0.1, 0.15) is 37.6 Å². The molecule has 6 heteroatoms. The van der Waals surface area contributed by atoms with Crippen LogP contribution in [0.3, 0.4) is 0 Å². The maximum atomic E-state index is 12.8. The van der Waals surface area contributed by atoms with E-state index < -0.39 is 30.3 Å². The van der Waals surface area contributed by atoms with Crippen LogP contribution in [0, 0.1) is 6.92 Å². The number of halogens is 3. The van der Waals surface area contributed by atoms with Crippen LogP contribution < -0.4 is 5.32 Å². The van der Waals surface area contributed by atoms with Gasteiger partial charge < -0.3 is 4.90 Å². The van der Waals surface area contributed by atoms with Gasteiger partial charge >= 0.3 is 6.18 Å². The number of nitrogens with one attached hydrogen (secondary N) is 1. The molecule has 0 saturated carbocycles. The predicted octanol–water partition coefficient (Wildman–Crippen LogP) is 3.16. The molecule has 1 aromatic rings. The van der Waals surface area contributed by atoms with Gasteiger partial charge in [0.15, 0.2) is 0 Å². The Morgan fingerprint density at radius 3 is 2.33 bits per heavy atom. The first kappa shape index (κ1) is 15.8. The molecule has 0 bridgehead atoms. The van der Waals surface area contributed by atoms with Crippen molar-refractivity contribution in [3.63, 3.8) is 0 Å². The Hall–Kier alpha value is -1.56. The molecular weight excluding hydrogens is 281 g/mol. The molecule has 21 heavy (non-hydrogen) atoms. The molecule has 0 spiro atoms. The average molecular weight is 300 g/mol. The van der Waals surface area contributed by atoms with Crippen molar-refractivity contribution in [2.75, 3.05) is 6.54 Å². The van der Waals surface area contributed by atoms with Crippen LogP contribution in [-0.2, 0) is 4.79 Å². The lowest BCUT2D eigenvalue weighted by atomic mass is 9.99. The van der Waals surface area contributed by atoms with Crippen molar-refractivity contribution in [3.05, 3.63) is 35.4 Å². The summed E-state index contributed by atoms with van der Waals surface area (Å²) in [5.74, 6) is -0.507. The zero-order valence-corrected chi connectivity index (χ0v) is 12.3. The van der Waals surface area contributed by atoms with Crippen molar-refractivity contribution in [1.82, 2.24) is 10.2 Å². The van der Waals surface area contributed by atoms with E-state index >= 15 is 0 Å². The number of hydrogen-bond acceptors (Lipinski definition) is 2. The predicted molar refractivity (Wildman–Crippen MR) is 73.5 cm³/mol. The summed E-state index contributed by atoms with van der Waals surface area (Å²) in [6, 6.07) is 7.17. The zero-order chi connectivity index (χ0) is 15.8. The van der Waals surface area contributed by atoms with Crippen LogP contribution in [0.4, 0.5) is 13.2 Å². The fourth-order valence-corrected chi connectivity index (χ4v) is 2.50. The van der Waals surface area contributed by atoms with Gasteiger partial charge in [0.1, 0.15) is 12.7 Å². The molecule has 0 aromatic heterocycles. The molecule has 1 saturated heterocycles. The molecule has 1 amide bonds. The molecule has 2 atom stereocenters. The van der Waals surface area contributed by atoms with Crippen LogP contribution >= 0.6 is 0 Å². The number of carbonyl (C=O) groups excluding carboxylic acids is 1. The Morgan fingerprint density at radius 2 is 1.86 bits per heavy atom. The lowest BCUT2D eigenvalue weighted by Gasteiger charge is -2.25. The minimum Gasteiger partial charge on any atom is -0.312 e. The van der Waals surface area contributed by atoms with Crippen molar-refractivity contribution in [1.29, 1.82) is 0 Å². The Kier molecular flexibility index (Phi) is 4.02. The molecule has 1 aliphatic rings. The van der Waals surface area contributed by atoms with Crippen molar-refractivity contribution < 1.29 is 18.0 Å². The Morgan fingerprint density at radius 1 is 1.29 bits per heavy atom. The van der Waals surface area contributed by atoms with Gasteiger partial charge in [-0.15, -0.1) is 0 Å². The zero-order valence-electron chi connectivity index (χ0n) is 12.3.